The van der Waals surface area contributed by atoms with Gasteiger partial charge >= 0.3 is 11.9 Å². The molecule has 3 rings (SSSR count). The number of aromatic nitrogens is 3. The van der Waals surface area contributed by atoms with E-state index in [0.717, 1.165) is 23.4 Å². The van der Waals surface area contributed by atoms with Gasteiger partial charge in [-0.15, -0.1) is 0 Å². The third-order valence-corrected chi connectivity index (χ3v) is 4.35. The van der Waals surface area contributed by atoms with Crippen LogP contribution in [-0.4, -0.2) is 37.6 Å². The fourth-order valence-corrected chi connectivity index (χ4v) is 3.07. The fourth-order valence-electron chi connectivity index (χ4n) is 3.07. The smallest absolute Gasteiger partial charge is 0.354 e. The van der Waals surface area contributed by atoms with E-state index in [1.165, 1.54) is 12.3 Å². The zero-order chi connectivity index (χ0) is 21.7. The van der Waals surface area contributed by atoms with E-state index in [-0.39, 0.29) is 11.7 Å². The van der Waals surface area contributed by atoms with E-state index >= 15 is 0 Å². The van der Waals surface area contributed by atoms with Crippen LogP contribution in [0.5, 0.6) is 0 Å². The molecule has 0 aliphatic heterocycles. The van der Waals surface area contributed by atoms with E-state index in [2.05, 4.69) is 9.97 Å². The lowest BCUT2D eigenvalue weighted by Crippen LogP contribution is -2.23. The van der Waals surface area contributed by atoms with Gasteiger partial charge in [0.25, 0.3) is 0 Å². The highest BCUT2D eigenvalue weighted by Gasteiger charge is 2.17. The number of carbonyl (C=O) groups is 2. The third kappa shape index (κ3) is 5.59. The Morgan fingerprint density at radius 3 is 2.43 bits per heavy atom. The molecule has 0 amide bonds. The van der Waals surface area contributed by atoms with Gasteiger partial charge in [0.15, 0.2) is 0 Å². The average Bonchev–Trinajstić information content (AvgIpc) is 2.69. The number of pyridine rings is 1. The van der Waals surface area contributed by atoms with E-state index in [1.807, 2.05) is 51.1 Å². The van der Waals surface area contributed by atoms with Gasteiger partial charge in [0, 0.05) is 12.0 Å². The predicted molar refractivity (Wildman–Crippen MR) is 113 cm³/mol. The molecule has 0 saturated carbocycles. The summed E-state index contributed by atoms with van der Waals surface area (Å²) in [5.74, 6) is -1.32. The summed E-state index contributed by atoms with van der Waals surface area (Å²) in [6, 6.07) is 11.1. The molecule has 30 heavy (non-hydrogen) atoms. The van der Waals surface area contributed by atoms with Crippen LogP contribution in [0, 0.1) is 0 Å². The average molecular weight is 407 g/mol. The largest absolute Gasteiger partial charge is 0.477 e. The normalized spacial score (nSPS) is 11.4. The predicted octanol–water partition coefficient (Wildman–Crippen LogP) is 4.44. The number of nitrogens with zero attached hydrogens (tertiary/aromatic N) is 3. The van der Waals surface area contributed by atoms with Crippen molar-refractivity contribution < 1.29 is 19.4 Å². The lowest BCUT2D eigenvalue weighted by molar-refractivity contribution is -0.154. The zero-order valence-corrected chi connectivity index (χ0v) is 17.4. The maximum absolute atomic E-state index is 11.9. The van der Waals surface area contributed by atoms with Crippen LogP contribution in [0.3, 0.4) is 0 Å². The van der Waals surface area contributed by atoms with Crippen LogP contribution in [0.25, 0.3) is 22.3 Å². The number of hydrogen-bond donors (Lipinski definition) is 1. The Labute approximate surface area is 175 Å². The monoisotopic (exact) mass is 407 g/mol. The Kier molecular flexibility index (Phi) is 6.40. The number of hydrogen-bond acceptors (Lipinski definition) is 6. The molecule has 0 radical (unpaired) electrons. The molecule has 2 aromatic heterocycles. The summed E-state index contributed by atoms with van der Waals surface area (Å²) in [5.41, 5.74) is 2.90. The van der Waals surface area contributed by atoms with Gasteiger partial charge in [0.1, 0.15) is 16.8 Å². The second kappa shape index (κ2) is 8.98. The van der Waals surface area contributed by atoms with Gasteiger partial charge in [-0.1, -0.05) is 30.3 Å². The molecule has 1 aromatic carbocycles. The van der Waals surface area contributed by atoms with Crippen LogP contribution in [0.4, 0.5) is 0 Å². The fraction of sp³-hybridized carbons (Fsp3) is 0.348. The Balaban J connectivity index is 1.83. The molecule has 0 unspecified atom stereocenters. The quantitative estimate of drug-likeness (QED) is 0.456. The van der Waals surface area contributed by atoms with Crippen LogP contribution in [-0.2, 0) is 16.0 Å². The molecule has 1 N–H and O–H groups in total. The maximum atomic E-state index is 11.9. The van der Waals surface area contributed by atoms with Crippen molar-refractivity contribution in [3.05, 3.63) is 54.0 Å². The number of carboxylic acid groups (broad SMARTS) is 1. The van der Waals surface area contributed by atoms with Crippen molar-refractivity contribution in [2.24, 2.45) is 0 Å². The molecule has 7 nitrogen and oxygen atoms in total. The van der Waals surface area contributed by atoms with Crippen molar-refractivity contribution in [1.82, 2.24) is 15.0 Å². The third-order valence-electron chi connectivity index (χ3n) is 4.35. The summed E-state index contributed by atoms with van der Waals surface area (Å²) < 4.78 is 5.35. The summed E-state index contributed by atoms with van der Waals surface area (Å²) in [6.45, 7) is 5.55. The van der Waals surface area contributed by atoms with Gasteiger partial charge in [-0.25, -0.2) is 19.7 Å². The van der Waals surface area contributed by atoms with Crippen LogP contribution in [0.2, 0.25) is 0 Å². The molecule has 0 aliphatic rings. The molecular formula is C23H25N3O4. The summed E-state index contributed by atoms with van der Waals surface area (Å²) in [7, 11) is 0. The SMILES string of the molecule is CC(C)(C)OC(=O)CCCCc1nc2cc(C(=O)O)ncc2nc1-c1ccccc1. The standard InChI is InChI=1S/C23H25N3O4/c1-23(2,3)30-20(27)12-8-7-11-16-21(15-9-5-4-6-10-15)26-19-14-24-18(22(28)29)13-17(19)25-16/h4-6,9-10,13-14H,7-8,11-12H2,1-3H3,(H,28,29). The molecule has 2 heterocycles. The van der Waals surface area contributed by atoms with Gasteiger partial charge in [0.05, 0.1) is 23.1 Å². The number of carbonyl (C=O) groups excluding carboxylic acids is 1. The highest BCUT2D eigenvalue weighted by Crippen LogP contribution is 2.25. The van der Waals surface area contributed by atoms with Gasteiger partial charge in [-0.2, -0.15) is 0 Å². The van der Waals surface area contributed by atoms with Crippen molar-refractivity contribution in [2.75, 3.05) is 0 Å². The number of ether oxygens (including phenoxy) is 1. The highest BCUT2D eigenvalue weighted by atomic mass is 16.6. The van der Waals surface area contributed by atoms with Crippen molar-refractivity contribution in [1.29, 1.82) is 0 Å². The highest BCUT2D eigenvalue weighted by molar-refractivity contribution is 5.90. The lowest BCUT2D eigenvalue weighted by Gasteiger charge is -2.19. The summed E-state index contributed by atoms with van der Waals surface area (Å²) >= 11 is 0. The Morgan fingerprint density at radius 2 is 1.77 bits per heavy atom. The summed E-state index contributed by atoms with van der Waals surface area (Å²) in [5, 5.41) is 9.20. The summed E-state index contributed by atoms with van der Waals surface area (Å²) in [6.07, 6.45) is 3.78. The minimum atomic E-state index is -1.11. The van der Waals surface area contributed by atoms with E-state index in [9.17, 15) is 14.7 Å². The molecule has 0 spiro atoms. The zero-order valence-electron chi connectivity index (χ0n) is 17.4. The minimum absolute atomic E-state index is 0.0693. The summed E-state index contributed by atoms with van der Waals surface area (Å²) in [4.78, 5) is 36.5. The first kappa shape index (κ1) is 21.4. The molecule has 0 bridgehead atoms. The van der Waals surface area contributed by atoms with E-state index < -0.39 is 11.6 Å². The van der Waals surface area contributed by atoms with Crippen LogP contribution < -0.4 is 0 Å². The minimum Gasteiger partial charge on any atom is -0.477 e. The Morgan fingerprint density at radius 1 is 1.03 bits per heavy atom. The molecule has 0 fully saturated rings. The first-order valence-electron chi connectivity index (χ1n) is 9.90. The Bertz CT molecular complexity index is 1060. The van der Waals surface area contributed by atoms with Crippen molar-refractivity contribution in [2.45, 2.75) is 52.1 Å². The number of unbranched alkanes of at least 4 members (excludes halogenated alkanes) is 1. The van der Waals surface area contributed by atoms with Crippen LogP contribution >= 0.6 is 0 Å². The van der Waals surface area contributed by atoms with Gasteiger partial charge < -0.3 is 9.84 Å². The number of carboxylic acids is 1. The molecule has 0 saturated heterocycles. The van der Waals surface area contributed by atoms with Crippen molar-refractivity contribution >= 4 is 23.0 Å². The second-order valence-corrected chi connectivity index (χ2v) is 8.04. The molecule has 156 valence electrons. The molecular weight excluding hydrogens is 382 g/mol. The van der Waals surface area contributed by atoms with Gasteiger partial charge in [-0.05, 0) is 46.1 Å². The Hall–Kier alpha value is -3.35. The van der Waals surface area contributed by atoms with Crippen LogP contribution in [0.15, 0.2) is 42.6 Å². The molecule has 0 atom stereocenters. The van der Waals surface area contributed by atoms with E-state index in [4.69, 9.17) is 9.72 Å². The number of aromatic carboxylic acids is 1. The molecule has 3 aromatic rings. The van der Waals surface area contributed by atoms with Gasteiger partial charge in [-0.3, -0.25) is 4.79 Å². The van der Waals surface area contributed by atoms with Crippen molar-refractivity contribution in [3.63, 3.8) is 0 Å². The topological polar surface area (TPSA) is 102 Å². The molecule has 0 aliphatic carbocycles. The van der Waals surface area contributed by atoms with Crippen LogP contribution in [0.1, 0.15) is 56.2 Å². The number of fused-ring (bicyclic) bond motifs is 1. The second-order valence-electron chi connectivity index (χ2n) is 8.04. The lowest BCUT2D eigenvalue weighted by atomic mass is 10.0. The number of rotatable bonds is 7. The maximum Gasteiger partial charge on any atom is 0.354 e. The number of aryl methyl sites for hydroxylation is 1. The van der Waals surface area contributed by atoms with E-state index in [1.54, 1.807) is 0 Å². The van der Waals surface area contributed by atoms with Gasteiger partial charge in [0.2, 0.25) is 0 Å². The molecule has 7 heteroatoms. The van der Waals surface area contributed by atoms with Crippen molar-refractivity contribution in [3.8, 4) is 11.3 Å². The number of benzene rings is 1. The van der Waals surface area contributed by atoms with E-state index in [0.29, 0.717) is 30.3 Å². The number of esters is 1. The first-order valence-corrected chi connectivity index (χ1v) is 9.90. The first-order chi connectivity index (χ1) is 14.2.